The van der Waals surface area contributed by atoms with Gasteiger partial charge in [0, 0.05) is 0 Å². The summed E-state index contributed by atoms with van der Waals surface area (Å²) in [5.41, 5.74) is 2.07. The van der Waals surface area contributed by atoms with Crippen LogP contribution in [0.2, 0.25) is 0 Å². The van der Waals surface area contributed by atoms with Gasteiger partial charge in [-0.15, -0.1) is 0 Å². The van der Waals surface area contributed by atoms with Crippen molar-refractivity contribution in [2.24, 2.45) is 0 Å². The number of anilines is 2. The van der Waals surface area contributed by atoms with Crippen LogP contribution >= 0.6 is 0 Å². The summed E-state index contributed by atoms with van der Waals surface area (Å²) >= 11 is 0. The Kier molecular flexibility index (Phi) is 9.94. The lowest BCUT2D eigenvalue weighted by Crippen LogP contribution is -2.37. The Morgan fingerprint density at radius 2 is 0.964 bits per heavy atom. The number of hydrogen-bond donors (Lipinski definition) is 4. The Morgan fingerprint density at radius 1 is 0.518 bits per heavy atom. The maximum atomic E-state index is 13.1. The van der Waals surface area contributed by atoms with Gasteiger partial charge < -0.3 is 30.7 Å². The van der Waals surface area contributed by atoms with Crippen LogP contribution in [0.5, 0.6) is 0 Å². The number of rotatable bonds is 8. The Balaban J connectivity index is 1.29. The van der Waals surface area contributed by atoms with E-state index in [1.54, 1.807) is 53.7 Å². The molecule has 1 aromatic heterocycles. The second kappa shape index (κ2) is 14.8. The molecule has 56 heavy (non-hydrogen) atoms. The van der Waals surface area contributed by atoms with E-state index in [-0.39, 0.29) is 24.7 Å². The first-order chi connectivity index (χ1) is 26.6. The second-order valence-corrected chi connectivity index (χ2v) is 15.6. The van der Waals surface area contributed by atoms with E-state index in [1.165, 1.54) is 21.5 Å². The highest BCUT2D eigenvalue weighted by Crippen LogP contribution is 2.43. The quantitative estimate of drug-likeness (QED) is 0.113. The smallest absolute Gasteiger partial charge is 0.408 e. The van der Waals surface area contributed by atoms with Crippen LogP contribution < -0.4 is 21.3 Å². The average molecular weight is 750 g/mol. The first-order valence-corrected chi connectivity index (χ1v) is 18.4. The van der Waals surface area contributed by atoms with Crippen LogP contribution in [0.4, 0.5) is 21.2 Å². The third-order valence-corrected chi connectivity index (χ3v) is 8.98. The van der Waals surface area contributed by atoms with Crippen LogP contribution in [0.15, 0.2) is 103 Å². The molecule has 0 saturated carbocycles. The number of fused-ring (bicyclic) bond motifs is 1. The van der Waals surface area contributed by atoms with Gasteiger partial charge >= 0.3 is 12.2 Å². The van der Waals surface area contributed by atoms with Crippen molar-refractivity contribution < 1.29 is 28.7 Å². The first-order valence-electron chi connectivity index (χ1n) is 18.4. The van der Waals surface area contributed by atoms with E-state index in [1.807, 2.05) is 18.2 Å². The Labute approximate surface area is 324 Å². The summed E-state index contributed by atoms with van der Waals surface area (Å²) in [6.07, 6.45) is -1.48. The molecule has 0 aliphatic carbocycles. The molecule has 0 atom stereocenters. The van der Waals surface area contributed by atoms with E-state index < -0.39 is 35.2 Å². The molecule has 4 N–H and O–H groups in total. The molecule has 0 aliphatic heterocycles. The molecule has 0 unspecified atom stereocenters. The summed E-state index contributed by atoms with van der Waals surface area (Å²) in [6.45, 7) is 9.60. The Hall–Kier alpha value is -6.75. The summed E-state index contributed by atoms with van der Waals surface area (Å²) in [7, 11) is 0. The third-order valence-electron chi connectivity index (χ3n) is 8.98. The number of amides is 4. The number of alkyl carbamates (subject to hydrolysis) is 2. The molecule has 0 saturated heterocycles. The van der Waals surface area contributed by atoms with Crippen LogP contribution in [-0.2, 0) is 19.1 Å². The van der Waals surface area contributed by atoms with Crippen molar-refractivity contribution in [1.82, 2.24) is 15.6 Å². The molecule has 11 heteroatoms. The van der Waals surface area contributed by atoms with Crippen molar-refractivity contribution in [3.63, 3.8) is 0 Å². The molecular weight excluding hydrogens is 707 g/mol. The van der Waals surface area contributed by atoms with Crippen molar-refractivity contribution in [2.75, 3.05) is 23.7 Å². The third kappa shape index (κ3) is 8.32. The fourth-order valence-electron chi connectivity index (χ4n) is 6.90. The summed E-state index contributed by atoms with van der Waals surface area (Å²) in [4.78, 5) is 55.2. The molecule has 11 nitrogen and oxygen atoms in total. The predicted molar refractivity (Wildman–Crippen MR) is 222 cm³/mol. The maximum Gasteiger partial charge on any atom is 0.408 e. The minimum Gasteiger partial charge on any atom is -0.444 e. The lowest BCUT2D eigenvalue weighted by Gasteiger charge is -2.20. The standard InChI is InChI=1S/C45H43N5O6/c1-44(2,3)55-42(53)46-24-37(51)49-35-22-30(23-36(48-35)50-38(52)25-47-43(54)56-45(4,5)6)31-14-8-12-26-13-9-15-33(40(26)31)32-20-18-29-17-16-27-10-7-11-28-19-21-34(32)41(29)39(27)28/h7-23H,24-25H2,1-6H3,(H,46,53)(H,47,54)(H2,48,49,50,51,52). The van der Waals surface area contributed by atoms with Crippen LogP contribution in [0.1, 0.15) is 41.5 Å². The van der Waals surface area contributed by atoms with Gasteiger partial charge in [0.25, 0.3) is 0 Å². The maximum absolute atomic E-state index is 13.1. The number of aromatic nitrogens is 1. The first kappa shape index (κ1) is 37.6. The number of ether oxygens (including phenoxy) is 2. The van der Waals surface area contributed by atoms with Crippen LogP contribution in [0.25, 0.3) is 65.3 Å². The van der Waals surface area contributed by atoms with E-state index in [0.29, 0.717) is 5.56 Å². The summed E-state index contributed by atoms with van der Waals surface area (Å²) in [5.74, 6) is -0.856. The van der Waals surface area contributed by atoms with E-state index in [0.717, 1.165) is 38.2 Å². The Morgan fingerprint density at radius 3 is 1.50 bits per heavy atom. The number of carbonyl (C=O) groups is 4. The number of carbonyl (C=O) groups excluding carboxylic acids is 4. The molecule has 0 bridgehead atoms. The van der Waals surface area contributed by atoms with Crippen molar-refractivity contribution in [2.45, 2.75) is 52.7 Å². The molecule has 0 fully saturated rings. The van der Waals surface area contributed by atoms with Gasteiger partial charge in [-0.1, -0.05) is 91.0 Å². The highest BCUT2D eigenvalue weighted by atomic mass is 16.6. The molecule has 7 aromatic rings. The fourth-order valence-corrected chi connectivity index (χ4v) is 6.90. The van der Waals surface area contributed by atoms with E-state index in [4.69, 9.17) is 9.47 Å². The number of hydrogen-bond acceptors (Lipinski definition) is 7. The molecule has 1 heterocycles. The number of benzene rings is 6. The van der Waals surface area contributed by atoms with Gasteiger partial charge in [0.1, 0.15) is 35.9 Å². The normalized spacial score (nSPS) is 11.8. The number of nitrogens with zero attached hydrogens (tertiary/aromatic N) is 1. The lowest BCUT2D eigenvalue weighted by atomic mass is 9.86. The number of nitrogens with one attached hydrogen (secondary N) is 4. The molecular formula is C45H43N5O6. The minimum atomic E-state index is -0.741. The summed E-state index contributed by atoms with van der Waals surface area (Å²) < 4.78 is 10.5. The van der Waals surface area contributed by atoms with Crippen molar-refractivity contribution in [3.8, 4) is 22.3 Å². The van der Waals surface area contributed by atoms with Gasteiger partial charge in [0.05, 0.1) is 0 Å². The highest BCUT2D eigenvalue weighted by Gasteiger charge is 2.20. The zero-order chi connectivity index (χ0) is 39.8. The zero-order valence-electron chi connectivity index (χ0n) is 32.1. The SMILES string of the molecule is CC(C)(C)OC(=O)NCC(=O)Nc1cc(-c2cccc3cccc(-c4ccc5ccc6cccc7ccc4c5c67)c23)cc(NC(=O)CNC(=O)OC(C)(C)C)n1. The van der Waals surface area contributed by atoms with Crippen molar-refractivity contribution in [3.05, 3.63) is 103 Å². The van der Waals surface area contributed by atoms with Crippen LogP contribution in [-0.4, -0.2) is 53.3 Å². The van der Waals surface area contributed by atoms with Gasteiger partial charge in [-0.2, -0.15) is 0 Å². The van der Waals surface area contributed by atoms with Gasteiger partial charge in [0.15, 0.2) is 0 Å². The molecule has 0 radical (unpaired) electrons. The molecule has 7 rings (SSSR count). The number of pyridine rings is 1. The topological polar surface area (TPSA) is 148 Å². The summed E-state index contributed by atoms with van der Waals surface area (Å²) in [6, 6.07) is 35.0. The monoisotopic (exact) mass is 749 g/mol. The highest BCUT2D eigenvalue weighted by molar-refractivity contribution is 6.26. The van der Waals surface area contributed by atoms with Gasteiger partial charge in [-0.3, -0.25) is 9.59 Å². The van der Waals surface area contributed by atoms with Gasteiger partial charge in [0.2, 0.25) is 11.8 Å². The van der Waals surface area contributed by atoms with E-state index >= 15 is 0 Å². The molecule has 0 spiro atoms. The molecule has 4 amide bonds. The fraction of sp³-hybridized carbons (Fsp3) is 0.222. The lowest BCUT2D eigenvalue weighted by molar-refractivity contribution is -0.116. The zero-order valence-corrected chi connectivity index (χ0v) is 32.1. The molecule has 284 valence electrons. The summed E-state index contributed by atoms with van der Waals surface area (Å²) in [5, 5.41) is 19.4. The van der Waals surface area contributed by atoms with Crippen LogP contribution in [0, 0.1) is 0 Å². The van der Waals surface area contributed by atoms with Crippen LogP contribution in [0.3, 0.4) is 0 Å². The van der Waals surface area contributed by atoms with E-state index in [9.17, 15) is 19.2 Å². The molecule has 6 aromatic carbocycles. The van der Waals surface area contributed by atoms with Gasteiger partial charge in [-0.05, 0) is 119 Å². The van der Waals surface area contributed by atoms with Crippen molar-refractivity contribution in [1.29, 1.82) is 0 Å². The van der Waals surface area contributed by atoms with Crippen molar-refractivity contribution >= 4 is 78.7 Å². The largest absolute Gasteiger partial charge is 0.444 e. The Bertz CT molecular complexity index is 2570. The average Bonchev–Trinajstić information content (AvgIpc) is 3.13. The predicted octanol–water partition coefficient (Wildman–Crippen LogP) is 9.39. The molecule has 0 aliphatic rings. The van der Waals surface area contributed by atoms with E-state index in [2.05, 4.69) is 99.0 Å². The second-order valence-electron chi connectivity index (χ2n) is 15.6. The minimum absolute atomic E-state index is 0.131. The van der Waals surface area contributed by atoms with Gasteiger partial charge in [-0.25, -0.2) is 14.6 Å².